The van der Waals surface area contributed by atoms with Crippen molar-refractivity contribution in [3.05, 3.63) is 65.7 Å². The SMILES string of the molecule is OC(c1ccccc1)c1cccc(F)n1. The number of hydrogen-bond acceptors (Lipinski definition) is 2. The maximum Gasteiger partial charge on any atom is 0.213 e. The van der Waals surface area contributed by atoms with Crippen LogP contribution < -0.4 is 0 Å². The van der Waals surface area contributed by atoms with Crippen LogP contribution in [0.4, 0.5) is 4.39 Å². The van der Waals surface area contributed by atoms with Crippen molar-refractivity contribution in [2.24, 2.45) is 0 Å². The molecule has 0 aliphatic rings. The molecule has 15 heavy (non-hydrogen) atoms. The first-order valence-electron chi connectivity index (χ1n) is 4.63. The first kappa shape index (κ1) is 9.80. The van der Waals surface area contributed by atoms with Crippen LogP contribution in [0.3, 0.4) is 0 Å². The second kappa shape index (κ2) is 4.19. The molecule has 3 heteroatoms. The predicted octanol–water partition coefficient (Wildman–Crippen LogP) is 2.30. The zero-order chi connectivity index (χ0) is 10.7. The number of rotatable bonds is 2. The van der Waals surface area contributed by atoms with Crippen molar-refractivity contribution in [1.82, 2.24) is 4.98 Å². The summed E-state index contributed by atoms with van der Waals surface area (Å²) in [6.07, 6.45) is -0.873. The van der Waals surface area contributed by atoms with Crippen molar-refractivity contribution in [2.75, 3.05) is 0 Å². The third-order valence-corrected chi connectivity index (χ3v) is 2.13. The predicted molar refractivity (Wildman–Crippen MR) is 54.7 cm³/mol. The molecule has 0 aliphatic heterocycles. The number of benzene rings is 1. The van der Waals surface area contributed by atoms with Crippen molar-refractivity contribution >= 4 is 0 Å². The Bertz CT molecular complexity index is 444. The molecule has 1 atom stereocenters. The van der Waals surface area contributed by atoms with Gasteiger partial charge in [0.2, 0.25) is 5.95 Å². The lowest BCUT2D eigenvalue weighted by molar-refractivity contribution is 0.214. The van der Waals surface area contributed by atoms with Crippen LogP contribution in [0.2, 0.25) is 0 Å². The topological polar surface area (TPSA) is 33.1 Å². The van der Waals surface area contributed by atoms with E-state index in [-0.39, 0.29) is 0 Å². The van der Waals surface area contributed by atoms with E-state index in [1.807, 2.05) is 18.2 Å². The summed E-state index contributed by atoms with van der Waals surface area (Å²) in [6.45, 7) is 0. The quantitative estimate of drug-likeness (QED) is 0.760. The van der Waals surface area contributed by atoms with E-state index in [9.17, 15) is 9.50 Å². The van der Waals surface area contributed by atoms with E-state index < -0.39 is 12.1 Å². The molecule has 0 radical (unpaired) electrons. The number of aliphatic hydroxyl groups is 1. The fourth-order valence-corrected chi connectivity index (χ4v) is 1.38. The van der Waals surface area contributed by atoms with E-state index in [0.717, 1.165) is 0 Å². The lowest BCUT2D eigenvalue weighted by atomic mass is 10.1. The van der Waals surface area contributed by atoms with Gasteiger partial charge >= 0.3 is 0 Å². The molecule has 0 saturated heterocycles. The first-order valence-corrected chi connectivity index (χ1v) is 4.63. The molecular formula is C12H10FNO. The maximum absolute atomic E-state index is 12.8. The number of nitrogens with zero attached hydrogens (tertiary/aromatic N) is 1. The van der Waals surface area contributed by atoms with E-state index in [1.54, 1.807) is 18.2 Å². The first-order chi connectivity index (χ1) is 7.27. The number of halogens is 1. The molecule has 0 saturated carbocycles. The molecule has 0 fully saturated rings. The highest BCUT2D eigenvalue weighted by molar-refractivity contribution is 5.25. The van der Waals surface area contributed by atoms with Crippen molar-refractivity contribution in [3.63, 3.8) is 0 Å². The van der Waals surface area contributed by atoms with Gasteiger partial charge in [0.1, 0.15) is 6.10 Å². The van der Waals surface area contributed by atoms with Gasteiger partial charge in [0.25, 0.3) is 0 Å². The minimum absolute atomic E-state index is 0.321. The zero-order valence-electron chi connectivity index (χ0n) is 7.97. The molecule has 0 aliphatic carbocycles. The lowest BCUT2D eigenvalue weighted by Gasteiger charge is -2.09. The Morgan fingerprint density at radius 2 is 1.73 bits per heavy atom. The summed E-state index contributed by atoms with van der Waals surface area (Å²) in [6, 6.07) is 13.4. The van der Waals surface area contributed by atoms with Crippen LogP contribution in [0.25, 0.3) is 0 Å². The summed E-state index contributed by atoms with van der Waals surface area (Å²) in [5.41, 5.74) is 1.02. The number of pyridine rings is 1. The number of hydrogen-bond donors (Lipinski definition) is 1. The monoisotopic (exact) mass is 203 g/mol. The molecule has 0 spiro atoms. The average molecular weight is 203 g/mol. The summed E-state index contributed by atoms with van der Waals surface area (Å²) in [5, 5.41) is 9.89. The van der Waals surface area contributed by atoms with Crippen LogP contribution in [0.5, 0.6) is 0 Å². The fourth-order valence-electron chi connectivity index (χ4n) is 1.38. The molecule has 76 valence electrons. The molecule has 1 aromatic carbocycles. The van der Waals surface area contributed by atoms with Gasteiger partial charge in [-0.05, 0) is 17.7 Å². The minimum atomic E-state index is -0.873. The summed E-state index contributed by atoms with van der Waals surface area (Å²) in [5.74, 6) is -0.581. The highest BCUT2D eigenvalue weighted by Gasteiger charge is 2.11. The van der Waals surface area contributed by atoms with E-state index in [0.29, 0.717) is 11.3 Å². The summed E-state index contributed by atoms with van der Waals surface area (Å²) in [4.78, 5) is 3.63. The average Bonchev–Trinajstić information content (AvgIpc) is 2.29. The molecule has 0 amide bonds. The van der Waals surface area contributed by atoms with Gasteiger partial charge < -0.3 is 5.11 Å². The van der Waals surface area contributed by atoms with Crippen LogP contribution in [-0.4, -0.2) is 10.1 Å². The number of aromatic nitrogens is 1. The summed E-state index contributed by atoms with van der Waals surface area (Å²) < 4.78 is 12.8. The van der Waals surface area contributed by atoms with Gasteiger partial charge in [0.05, 0.1) is 5.69 Å². The van der Waals surface area contributed by atoms with Crippen molar-refractivity contribution in [1.29, 1.82) is 0 Å². The van der Waals surface area contributed by atoms with Crippen LogP contribution in [-0.2, 0) is 0 Å². The van der Waals surface area contributed by atoms with E-state index in [1.165, 1.54) is 12.1 Å². The zero-order valence-corrected chi connectivity index (χ0v) is 7.97. The largest absolute Gasteiger partial charge is 0.382 e. The normalized spacial score (nSPS) is 12.4. The van der Waals surface area contributed by atoms with Crippen LogP contribution >= 0.6 is 0 Å². The molecule has 1 aromatic heterocycles. The number of aliphatic hydroxyl groups excluding tert-OH is 1. The maximum atomic E-state index is 12.8. The Morgan fingerprint density at radius 1 is 1.00 bits per heavy atom. The van der Waals surface area contributed by atoms with E-state index in [2.05, 4.69) is 4.98 Å². The Labute approximate surface area is 87.0 Å². The molecule has 2 aromatic rings. The van der Waals surface area contributed by atoms with Gasteiger partial charge in [-0.2, -0.15) is 4.39 Å². The Kier molecular flexibility index (Phi) is 2.74. The molecule has 1 N–H and O–H groups in total. The fraction of sp³-hybridized carbons (Fsp3) is 0.0833. The van der Waals surface area contributed by atoms with Crippen LogP contribution in [0.15, 0.2) is 48.5 Å². The molecule has 2 rings (SSSR count). The highest BCUT2D eigenvalue weighted by atomic mass is 19.1. The lowest BCUT2D eigenvalue weighted by Crippen LogP contribution is -2.02. The smallest absolute Gasteiger partial charge is 0.213 e. The highest BCUT2D eigenvalue weighted by Crippen LogP contribution is 2.19. The second-order valence-corrected chi connectivity index (χ2v) is 3.20. The van der Waals surface area contributed by atoms with Crippen LogP contribution in [0.1, 0.15) is 17.4 Å². The second-order valence-electron chi connectivity index (χ2n) is 3.20. The third kappa shape index (κ3) is 2.19. The van der Waals surface area contributed by atoms with Crippen molar-refractivity contribution in [2.45, 2.75) is 6.10 Å². The Morgan fingerprint density at radius 3 is 2.40 bits per heavy atom. The minimum Gasteiger partial charge on any atom is -0.382 e. The Hall–Kier alpha value is -1.74. The van der Waals surface area contributed by atoms with Crippen molar-refractivity contribution in [3.8, 4) is 0 Å². The third-order valence-electron chi connectivity index (χ3n) is 2.13. The van der Waals surface area contributed by atoms with Crippen LogP contribution in [0, 0.1) is 5.95 Å². The van der Waals surface area contributed by atoms with E-state index >= 15 is 0 Å². The van der Waals surface area contributed by atoms with Gasteiger partial charge in [0.15, 0.2) is 0 Å². The van der Waals surface area contributed by atoms with Crippen molar-refractivity contribution < 1.29 is 9.50 Å². The molecule has 0 bridgehead atoms. The molecule has 1 unspecified atom stereocenters. The standard InChI is InChI=1S/C12H10FNO/c13-11-8-4-7-10(14-11)12(15)9-5-2-1-3-6-9/h1-8,12,15H. The van der Waals surface area contributed by atoms with Gasteiger partial charge in [-0.25, -0.2) is 4.98 Å². The van der Waals surface area contributed by atoms with Gasteiger partial charge in [-0.3, -0.25) is 0 Å². The van der Waals surface area contributed by atoms with E-state index in [4.69, 9.17) is 0 Å². The molecule has 2 nitrogen and oxygen atoms in total. The molecular weight excluding hydrogens is 193 g/mol. The summed E-state index contributed by atoms with van der Waals surface area (Å²) >= 11 is 0. The Balaban J connectivity index is 2.32. The van der Waals surface area contributed by atoms with Gasteiger partial charge in [0, 0.05) is 0 Å². The summed E-state index contributed by atoms with van der Waals surface area (Å²) in [7, 11) is 0. The molecule has 1 heterocycles. The van der Waals surface area contributed by atoms with Gasteiger partial charge in [-0.15, -0.1) is 0 Å². The van der Waals surface area contributed by atoms with Gasteiger partial charge in [-0.1, -0.05) is 36.4 Å².